The van der Waals surface area contributed by atoms with Crippen LogP contribution in [0, 0.1) is 11.8 Å². The molecule has 1 aromatic rings. The summed E-state index contributed by atoms with van der Waals surface area (Å²) in [5.74, 6) is 1.28. The van der Waals surface area contributed by atoms with Crippen LogP contribution >= 0.6 is 0 Å². The van der Waals surface area contributed by atoms with Gasteiger partial charge in [0.1, 0.15) is 0 Å². The Morgan fingerprint density at radius 2 is 2.16 bits per heavy atom. The highest BCUT2D eigenvalue weighted by Crippen LogP contribution is 2.34. The van der Waals surface area contributed by atoms with E-state index in [1.54, 1.807) is 0 Å². The zero-order valence-corrected chi connectivity index (χ0v) is 11.5. The fraction of sp³-hybridized carbons (Fsp3) is 0.688. The van der Waals surface area contributed by atoms with E-state index in [1.807, 2.05) is 12.3 Å². The van der Waals surface area contributed by atoms with E-state index in [9.17, 15) is 5.11 Å². The van der Waals surface area contributed by atoms with Crippen molar-refractivity contribution in [1.29, 1.82) is 0 Å². The first-order chi connectivity index (χ1) is 9.33. The van der Waals surface area contributed by atoms with Crippen LogP contribution in [0.15, 0.2) is 24.4 Å². The Hall–Kier alpha value is -0.930. The van der Waals surface area contributed by atoms with Gasteiger partial charge in [-0.25, -0.2) is 0 Å². The molecule has 2 N–H and O–H groups in total. The number of rotatable bonds is 6. The minimum Gasteiger partial charge on any atom is -0.393 e. The molecule has 0 radical (unpaired) electrons. The maximum Gasteiger partial charge on any atom is 0.0580 e. The molecule has 0 amide bonds. The number of nitrogens with one attached hydrogen (secondary N) is 1. The van der Waals surface area contributed by atoms with E-state index in [0.717, 1.165) is 25.3 Å². The second-order valence-electron chi connectivity index (χ2n) is 6.14. The van der Waals surface area contributed by atoms with Crippen molar-refractivity contribution >= 4 is 0 Å². The first kappa shape index (κ1) is 13.1. The summed E-state index contributed by atoms with van der Waals surface area (Å²) in [6.45, 7) is 0.967. The third-order valence-corrected chi connectivity index (χ3v) is 4.61. The maximum atomic E-state index is 9.89. The van der Waals surface area contributed by atoms with Crippen molar-refractivity contribution in [2.24, 2.45) is 11.8 Å². The van der Waals surface area contributed by atoms with E-state index in [-0.39, 0.29) is 6.10 Å². The zero-order valence-electron chi connectivity index (χ0n) is 11.5. The fourth-order valence-electron chi connectivity index (χ4n) is 3.21. The molecule has 2 fully saturated rings. The van der Waals surface area contributed by atoms with Crippen LogP contribution in [0.3, 0.4) is 0 Å². The van der Waals surface area contributed by atoms with Gasteiger partial charge in [-0.2, -0.15) is 0 Å². The zero-order chi connectivity index (χ0) is 13.1. The monoisotopic (exact) mass is 260 g/mol. The average Bonchev–Trinajstić information content (AvgIpc) is 3.20. The number of pyridine rings is 1. The van der Waals surface area contributed by atoms with Gasteiger partial charge in [0, 0.05) is 30.9 Å². The minimum atomic E-state index is -0.0813. The Labute approximate surface area is 115 Å². The van der Waals surface area contributed by atoms with Gasteiger partial charge in [-0.05, 0) is 49.7 Å². The lowest BCUT2D eigenvalue weighted by atomic mass is 10.0. The molecular weight excluding hydrogens is 236 g/mol. The van der Waals surface area contributed by atoms with Crippen molar-refractivity contribution in [3.05, 3.63) is 30.1 Å². The first-order valence-corrected chi connectivity index (χ1v) is 7.64. The standard InChI is InChI=1S/C16H24N2O/c19-16-6-3-4-13(16)11-18-15(12-7-8-12)10-14-5-1-2-9-17-14/h1-2,5,9,12-13,15-16,18-19H,3-4,6-8,10-11H2. The van der Waals surface area contributed by atoms with Crippen LogP contribution in [-0.2, 0) is 6.42 Å². The summed E-state index contributed by atoms with van der Waals surface area (Å²) >= 11 is 0. The highest BCUT2D eigenvalue weighted by molar-refractivity contribution is 5.07. The Morgan fingerprint density at radius 3 is 2.79 bits per heavy atom. The molecular formula is C16H24N2O. The molecule has 2 aliphatic carbocycles. The molecule has 19 heavy (non-hydrogen) atoms. The number of nitrogens with zero attached hydrogens (tertiary/aromatic N) is 1. The number of hydrogen-bond acceptors (Lipinski definition) is 3. The SMILES string of the molecule is OC1CCCC1CNC(Cc1ccccn1)C1CC1. The molecule has 3 atom stereocenters. The maximum absolute atomic E-state index is 9.89. The number of aromatic nitrogens is 1. The summed E-state index contributed by atoms with van der Waals surface area (Å²) < 4.78 is 0. The van der Waals surface area contributed by atoms with Gasteiger partial charge in [0.2, 0.25) is 0 Å². The molecule has 3 heteroatoms. The van der Waals surface area contributed by atoms with Crippen LogP contribution in [0.4, 0.5) is 0 Å². The highest BCUT2D eigenvalue weighted by Gasteiger charge is 2.33. The molecule has 0 aliphatic heterocycles. The van der Waals surface area contributed by atoms with Gasteiger partial charge in [0.05, 0.1) is 6.10 Å². The molecule has 2 saturated carbocycles. The summed E-state index contributed by atoms with van der Waals surface area (Å²) in [6, 6.07) is 6.69. The second kappa shape index (κ2) is 6.02. The average molecular weight is 260 g/mol. The first-order valence-electron chi connectivity index (χ1n) is 7.64. The molecule has 0 bridgehead atoms. The Balaban J connectivity index is 1.53. The summed E-state index contributed by atoms with van der Waals surface area (Å²) in [6.07, 6.45) is 8.85. The molecule has 3 rings (SSSR count). The smallest absolute Gasteiger partial charge is 0.0580 e. The summed E-state index contributed by atoms with van der Waals surface area (Å²) in [5.41, 5.74) is 1.18. The molecule has 0 aromatic carbocycles. The molecule has 0 saturated heterocycles. The molecule has 3 nitrogen and oxygen atoms in total. The predicted molar refractivity (Wildman–Crippen MR) is 75.8 cm³/mol. The van der Waals surface area contributed by atoms with E-state index in [1.165, 1.54) is 31.4 Å². The van der Waals surface area contributed by atoms with E-state index < -0.39 is 0 Å². The van der Waals surface area contributed by atoms with Gasteiger partial charge in [0.25, 0.3) is 0 Å². The van der Waals surface area contributed by atoms with Crippen LogP contribution in [0.1, 0.15) is 37.8 Å². The summed E-state index contributed by atoms with van der Waals surface area (Å²) in [7, 11) is 0. The van der Waals surface area contributed by atoms with Crippen LogP contribution in [0.25, 0.3) is 0 Å². The van der Waals surface area contributed by atoms with Gasteiger partial charge in [-0.15, -0.1) is 0 Å². The van der Waals surface area contributed by atoms with Crippen molar-refractivity contribution in [1.82, 2.24) is 10.3 Å². The van der Waals surface area contributed by atoms with Gasteiger partial charge in [-0.3, -0.25) is 4.98 Å². The normalized spacial score (nSPS) is 28.5. The highest BCUT2D eigenvalue weighted by atomic mass is 16.3. The Kier molecular flexibility index (Phi) is 4.14. The third kappa shape index (κ3) is 3.54. The van der Waals surface area contributed by atoms with Crippen LogP contribution in [0.5, 0.6) is 0 Å². The lowest BCUT2D eigenvalue weighted by Gasteiger charge is -2.22. The van der Waals surface area contributed by atoms with Crippen molar-refractivity contribution < 1.29 is 5.11 Å². The van der Waals surface area contributed by atoms with Crippen molar-refractivity contribution in [3.8, 4) is 0 Å². The van der Waals surface area contributed by atoms with Crippen molar-refractivity contribution in [2.75, 3.05) is 6.54 Å². The molecule has 1 heterocycles. The van der Waals surface area contributed by atoms with Gasteiger partial charge in [-0.1, -0.05) is 12.5 Å². The molecule has 3 unspecified atom stereocenters. The van der Waals surface area contributed by atoms with Gasteiger partial charge >= 0.3 is 0 Å². The van der Waals surface area contributed by atoms with Crippen LogP contribution in [0.2, 0.25) is 0 Å². The molecule has 1 aromatic heterocycles. The van der Waals surface area contributed by atoms with E-state index in [4.69, 9.17) is 0 Å². The molecule has 0 spiro atoms. The Morgan fingerprint density at radius 1 is 1.26 bits per heavy atom. The molecule has 2 aliphatic rings. The summed E-state index contributed by atoms with van der Waals surface area (Å²) in [5, 5.41) is 13.6. The quantitative estimate of drug-likeness (QED) is 0.824. The van der Waals surface area contributed by atoms with Crippen molar-refractivity contribution in [2.45, 2.75) is 50.7 Å². The lowest BCUT2D eigenvalue weighted by molar-refractivity contribution is 0.129. The van der Waals surface area contributed by atoms with Crippen LogP contribution in [-0.4, -0.2) is 28.8 Å². The van der Waals surface area contributed by atoms with Gasteiger partial charge < -0.3 is 10.4 Å². The predicted octanol–water partition coefficient (Wildman–Crippen LogP) is 2.15. The topological polar surface area (TPSA) is 45.1 Å². The van der Waals surface area contributed by atoms with Crippen LogP contribution < -0.4 is 5.32 Å². The third-order valence-electron chi connectivity index (χ3n) is 4.61. The molecule has 104 valence electrons. The van der Waals surface area contributed by atoms with Gasteiger partial charge in [0.15, 0.2) is 0 Å². The minimum absolute atomic E-state index is 0.0813. The number of hydrogen-bond donors (Lipinski definition) is 2. The van der Waals surface area contributed by atoms with E-state index in [0.29, 0.717) is 12.0 Å². The van der Waals surface area contributed by atoms with Crippen molar-refractivity contribution in [3.63, 3.8) is 0 Å². The summed E-state index contributed by atoms with van der Waals surface area (Å²) in [4.78, 5) is 4.43. The van der Waals surface area contributed by atoms with E-state index in [2.05, 4.69) is 22.4 Å². The second-order valence-corrected chi connectivity index (χ2v) is 6.14. The Bertz CT molecular complexity index is 391. The largest absolute Gasteiger partial charge is 0.393 e. The fourth-order valence-corrected chi connectivity index (χ4v) is 3.21. The lowest BCUT2D eigenvalue weighted by Crippen LogP contribution is -2.38. The van der Waals surface area contributed by atoms with E-state index >= 15 is 0 Å². The number of aliphatic hydroxyl groups excluding tert-OH is 1. The number of aliphatic hydroxyl groups is 1.